The first-order valence-corrected chi connectivity index (χ1v) is 9.45. The second-order valence-corrected chi connectivity index (χ2v) is 8.50. The lowest BCUT2D eigenvalue weighted by atomic mass is 10.2. The highest BCUT2D eigenvalue weighted by Gasteiger charge is 2.20. The third kappa shape index (κ3) is 6.08. The molecule has 0 atom stereocenters. The standard InChI is InChI=1S/C19H20BrCl2NO3/c1-19(2,3)26-18(24)23(4)11-12-5-6-13(20)9-17(12)25-14-7-8-15(21)16(22)10-14/h5-10H,11H2,1-4H3. The quantitative estimate of drug-likeness (QED) is 0.497. The van der Waals surface area contributed by atoms with E-state index in [0.717, 1.165) is 10.0 Å². The van der Waals surface area contributed by atoms with E-state index >= 15 is 0 Å². The maximum Gasteiger partial charge on any atom is 0.410 e. The third-order valence-corrected chi connectivity index (χ3v) is 4.49. The highest BCUT2D eigenvalue weighted by atomic mass is 79.9. The van der Waals surface area contributed by atoms with Crippen molar-refractivity contribution in [3.8, 4) is 11.5 Å². The van der Waals surface area contributed by atoms with Gasteiger partial charge in [-0.2, -0.15) is 0 Å². The first-order valence-electron chi connectivity index (χ1n) is 7.90. The number of nitrogens with zero attached hydrogens (tertiary/aromatic N) is 1. The number of halogens is 3. The molecule has 0 aromatic heterocycles. The van der Waals surface area contributed by atoms with Crippen molar-refractivity contribution in [2.75, 3.05) is 7.05 Å². The molecular weight excluding hydrogens is 441 g/mol. The van der Waals surface area contributed by atoms with Gasteiger partial charge in [-0.25, -0.2) is 4.79 Å². The van der Waals surface area contributed by atoms with Crippen molar-refractivity contribution < 1.29 is 14.3 Å². The molecule has 0 heterocycles. The maximum absolute atomic E-state index is 12.2. The molecular formula is C19H20BrCl2NO3. The average molecular weight is 461 g/mol. The SMILES string of the molecule is CN(Cc1ccc(Br)cc1Oc1ccc(Cl)c(Cl)c1)C(=O)OC(C)(C)C. The van der Waals surface area contributed by atoms with Gasteiger partial charge in [-0.05, 0) is 45.0 Å². The number of benzene rings is 2. The van der Waals surface area contributed by atoms with Gasteiger partial charge >= 0.3 is 6.09 Å². The number of hydrogen-bond acceptors (Lipinski definition) is 3. The molecule has 0 fully saturated rings. The molecule has 0 N–H and O–H groups in total. The van der Waals surface area contributed by atoms with Gasteiger partial charge in [-0.3, -0.25) is 0 Å². The summed E-state index contributed by atoms with van der Waals surface area (Å²) in [5.41, 5.74) is 0.275. The van der Waals surface area contributed by atoms with Crippen LogP contribution >= 0.6 is 39.1 Å². The van der Waals surface area contributed by atoms with Crippen molar-refractivity contribution in [2.45, 2.75) is 32.9 Å². The Morgan fingerprint density at radius 1 is 1.12 bits per heavy atom. The molecule has 7 heteroatoms. The molecule has 0 aliphatic heterocycles. The molecule has 26 heavy (non-hydrogen) atoms. The molecule has 0 saturated carbocycles. The van der Waals surface area contributed by atoms with Gasteiger partial charge in [0, 0.05) is 23.2 Å². The van der Waals surface area contributed by atoms with E-state index in [1.54, 1.807) is 25.2 Å². The largest absolute Gasteiger partial charge is 0.457 e. The van der Waals surface area contributed by atoms with E-state index in [1.165, 1.54) is 4.90 Å². The van der Waals surface area contributed by atoms with Gasteiger partial charge in [-0.1, -0.05) is 45.2 Å². The van der Waals surface area contributed by atoms with Crippen molar-refractivity contribution in [1.82, 2.24) is 4.90 Å². The fraction of sp³-hybridized carbons (Fsp3) is 0.316. The Morgan fingerprint density at radius 3 is 2.42 bits per heavy atom. The van der Waals surface area contributed by atoms with Crippen LogP contribution in [0.5, 0.6) is 11.5 Å². The van der Waals surface area contributed by atoms with Gasteiger partial charge in [0.15, 0.2) is 0 Å². The minimum absolute atomic E-state index is 0.332. The van der Waals surface area contributed by atoms with Gasteiger partial charge < -0.3 is 14.4 Å². The molecule has 0 unspecified atom stereocenters. The van der Waals surface area contributed by atoms with Crippen molar-refractivity contribution in [2.24, 2.45) is 0 Å². The summed E-state index contributed by atoms with van der Waals surface area (Å²) in [7, 11) is 1.68. The van der Waals surface area contributed by atoms with Gasteiger partial charge in [0.1, 0.15) is 17.1 Å². The fourth-order valence-electron chi connectivity index (χ4n) is 2.08. The van der Waals surface area contributed by atoms with Gasteiger partial charge in [-0.15, -0.1) is 0 Å². The van der Waals surface area contributed by atoms with Gasteiger partial charge in [0.2, 0.25) is 0 Å². The first-order chi connectivity index (χ1) is 12.0. The molecule has 0 aliphatic carbocycles. The van der Waals surface area contributed by atoms with E-state index in [1.807, 2.05) is 39.0 Å². The number of carbonyl (C=O) groups is 1. The second-order valence-electron chi connectivity index (χ2n) is 6.77. The molecule has 4 nitrogen and oxygen atoms in total. The van der Waals surface area contributed by atoms with Crippen LogP contribution in [0.4, 0.5) is 4.79 Å². The Kier molecular flexibility index (Phi) is 6.83. The molecule has 2 aromatic carbocycles. The number of amides is 1. The van der Waals surface area contributed by atoms with Crippen molar-refractivity contribution >= 4 is 45.2 Å². The van der Waals surface area contributed by atoms with E-state index in [2.05, 4.69) is 15.9 Å². The van der Waals surface area contributed by atoms with E-state index in [9.17, 15) is 4.79 Å². The van der Waals surface area contributed by atoms with Crippen LogP contribution in [0, 0.1) is 0 Å². The van der Waals surface area contributed by atoms with Gasteiger partial charge in [0.05, 0.1) is 16.6 Å². The van der Waals surface area contributed by atoms with Crippen LogP contribution in [0.1, 0.15) is 26.3 Å². The summed E-state index contributed by atoms with van der Waals surface area (Å²) in [6, 6.07) is 10.7. The Balaban J connectivity index is 2.21. The molecule has 2 aromatic rings. The lowest BCUT2D eigenvalue weighted by Crippen LogP contribution is -2.33. The lowest BCUT2D eigenvalue weighted by molar-refractivity contribution is 0.0284. The summed E-state index contributed by atoms with van der Waals surface area (Å²) < 4.78 is 12.2. The summed E-state index contributed by atoms with van der Waals surface area (Å²) in [4.78, 5) is 13.7. The van der Waals surface area contributed by atoms with Crippen LogP contribution in [0.2, 0.25) is 10.0 Å². The second kappa shape index (κ2) is 8.51. The minimum Gasteiger partial charge on any atom is -0.457 e. The zero-order chi connectivity index (χ0) is 19.5. The van der Waals surface area contributed by atoms with E-state index in [-0.39, 0.29) is 0 Å². The minimum atomic E-state index is -0.551. The van der Waals surface area contributed by atoms with E-state index < -0.39 is 11.7 Å². The topological polar surface area (TPSA) is 38.8 Å². The van der Waals surface area contributed by atoms with E-state index in [4.69, 9.17) is 32.7 Å². The van der Waals surface area contributed by atoms with Crippen LogP contribution in [-0.2, 0) is 11.3 Å². The first kappa shape index (κ1) is 20.9. The molecule has 0 saturated heterocycles. The number of carbonyl (C=O) groups excluding carboxylic acids is 1. The van der Waals surface area contributed by atoms with Crippen LogP contribution in [0.3, 0.4) is 0 Å². The zero-order valence-electron chi connectivity index (χ0n) is 15.0. The van der Waals surface area contributed by atoms with Gasteiger partial charge in [0.25, 0.3) is 0 Å². The normalized spacial score (nSPS) is 11.2. The monoisotopic (exact) mass is 459 g/mol. The summed E-state index contributed by atoms with van der Waals surface area (Å²) in [6.07, 6.45) is -0.402. The van der Waals surface area contributed by atoms with Crippen molar-refractivity contribution in [1.29, 1.82) is 0 Å². The average Bonchev–Trinajstić information content (AvgIpc) is 2.52. The highest BCUT2D eigenvalue weighted by molar-refractivity contribution is 9.10. The molecule has 0 spiro atoms. The number of rotatable bonds is 4. The van der Waals surface area contributed by atoms with Crippen LogP contribution in [-0.4, -0.2) is 23.6 Å². The maximum atomic E-state index is 12.2. The fourth-order valence-corrected chi connectivity index (χ4v) is 2.71. The predicted octanol–water partition coefficient (Wildman–Crippen LogP) is 6.92. The predicted molar refractivity (Wildman–Crippen MR) is 108 cm³/mol. The number of hydrogen-bond donors (Lipinski definition) is 0. The van der Waals surface area contributed by atoms with Crippen molar-refractivity contribution in [3.05, 3.63) is 56.5 Å². The Labute approximate surface area is 172 Å². The summed E-state index contributed by atoms with van der Waals surface area (Å²) in [6.45, 7) is 5.82. The molecule has 1 amide bonds. The molecule has 0 radical (unpaired) electrons. The molecule has 140 valence electrons. The Hall–Kier alpha value is -1.43. The molecule has 2 rings (SSSR count). The third-order valence-electron chi connectivity index (χ3n) is 3.26. The summed E-state index contributed by atoms with van der Waals surface area (Å²) in [5, 5.41) is 0.865. The zero-order valence-corrected chi connectivity index (χ0v) is 18.1. The summed E-state index contributed by atoms with van der Waals surface area (Å²) >= 11 is 15.4. The van der Waals surface area contributed by atoms with Crippen molar-refractivity contribution in [3.63, 3.8) is 0 Å². The highest BCUT2D eigenvalue weighted by Crippen LogP contribution is 2.33. The number of ether oxygens (including phenoxy) is 2. The Bertz CT molecular complexity index is 806. The Morgan fingerprint density at radius 2 is 1.81 bits per heavy atom. The van der Waals surface area contributed by atoms with Crippen LogP contribution in [0.15, 0.2) is 40.9 Å². The summed E-state index contributed by atoms with van der Waals surface area (Å²) in [5.74, 6) is 1.16. The molecule has 0 bridgehead atoms. The van der Waals surface area contributed by atoms with E-state index in [0.29, 0.717) is 28.1 Å². The lowest BCUT2D eigenvalue weighted by Gasteiger charge is -2.25. The van der Waals surface area contributed by atoms with Crippen LogP contribution in [0.25, 0.3) is 0 Å². The molecule has 0 aliphatic rings. The smallest absolute Gasteiger partial charge is 0.410 e. The van der Waals surface area contributed by atoms with Crippen LogP contribution < -0.4 is 4.74 Å².